The number of carbonyl (C=O) groups excluding carboxylic acids is 1. The molecule has 0 spiro atoms. The summed E-state index contributed by atoms with van der Waals surface area (Å²) in [5.74, 6) is 0.901. The summed E-state index contributed by atoms with van der Waals surface area (Å²) in [6, 6.07) is 21.4. The number of alkyl halides is 3. The van der Waals surface area contributed by atoms with Crippen molar-refractivity contribution in [1.82, 2.24) is 20.2 Å². The fraction of sp³-hybridized carbons (Fsp3) is 0.120. The van der Waals surface area contributed by atoms with Crippen LogP contribution in [0.1, 0.15) is 11.1 Å². The van der Waals surface area contributed by atoms with Crippen LogP contribution in [-0.2, 0) is 11.0 Å². The standard InChI is InChI=1S/C25H20F3N5O2S/c1-35-21-13-11-20(12-14-21)33-23(18-5-3-2-4-6-18)31-32-24(33)36-16-22(34)30-29-15-17-7-9-19(10-8-17)25(26,27)28/h2-15H,16H2,1H3,(H,30,34)/b29-15+. The van der Waals surface area contributed by atoms with Crippen molar-refractivity contribution in [3.05, 3.63) is 90.0 Å². The van der Waals surface area contributed by atoms with Gasteiger partial charge >= 0.3 is 6.18 Å². The molecule has 0 fully saturated rings. The average molecular weight is 512 g/mol. The SMILES string of the molecule is COc1ccc(-n2c(SCC(=O)N/N=C/c3ccc(C(F)(F)F)cc3)nnc2-c2ccccc2)cc1. The van der Waals surface area contributed by atoms with Crippen LogP contribution in [0.15, 0.2) is 89.1 Å². The lowest BCUT2D eigenvalue weighted by molar-refractivity contribution is -0.137. The number of hydrogen-bond acceptors (Lipinski definition) is 6. The molecule has 1 heterocycles. The highest BCUT2D eigenvalue weighted by atomic mass is 32.2. The smallest absolute Gasteiger partial charge is 0.416 e. The Hall–Kier alpha value is -4.12. The predicted molar refractivity (Wildman–Crippen MR) is 131 cm³/mol. The van der Waals surface area contributed by atoms with Gasteiger partial charge in [-0.05, 0) is 42.0 Å². The molecule has 0 aliphatic heterocycles. The molecule has 1 aromatic heterocycles. The van der Waals surface area contributed by atoms with Gasteiger partial charge in [0.15, 0.2) is 11.0 Å². The largest absolute Gasteiger partial charge is 0.497 e. The van der Waals surface area contributed by atoms with Crippen molar-refractivity contribution in [2.45, 2.75) is 11.3 Å². The van der Waals surface area contributed by atoms with Crippen LogP contribution in [-0.4, -0.2) is 39.7 Å². The summed E-state index contributed by atoms with van der Waals surface area (Å²) >= 11 is 1.17. The molecule has 0 saturated heterocycles. The summed E-state index contributed by atoms with van der Waals surface area (Å²) in [5, 5.41) is 12.9. The first kappa shape index (κ1) is 25.0. The summed E-state index contributed by atoms with van der Waals surface area (Å²) in [4.78, 5) is 12.3. The second-order valence-electron chi connectivity index (χ2n) is 7.41. The van der Waals surface area contributed by atoms with Crippen molar-refractivity contribution in [3.8, 4) is 22.8 Å². The summed E-state index contributed by atoms with van der Waals surface area (Å²) in [7, 11) is 1.59. The first-order chi connectivity index (χ1) is 17.3. The first-order valence-electron chi connectivity index (χ1n) is 10.6. The van der Waals surface area contributed by atoms with Gasteiger partial charge in [-0.1, -0.05) is 54.2 Å². The molecule has 3 aromatic carbocycles. The molecule has 1 N–H and O–H groups in total. The van der Waals surface area contributed by atoms with Crippen molar-refractivity contribution < 1.29 is 22.7 Å². The molecule has 4 rings (SSSR count). The van der Waals surface area contributed by atoms with Crippen LogP contribution < -0.4 is 10.2 Å². The van der Waals surface area contributed by atoms with E-state index < -0.39 is 17.6 Å². The van der Waals surface area contributed by atoms with Gasteiger partial charge < -0.3 is 4.74 Å². The molecule has 0 bridgehead atoms. The third-order valence-corrected chi connectivity index (χ3v) is 5.90. The predicted octanol–water partition coefficient (Wildman–Crippen LogP) is 5.20. The summed E-state index contributed by atoms with van der Waals surface area (Å²) in [6.45, 7) is 0. The molecule has 184 valence electrons. The Morgan fingerprint density at radius 3 is 2.36 bits per heavy atom. The number of hydrazone groups is 1. The lowest BCUT2D eigenvalue weighted by atomic mass is 10.1. The lowest BCUT2D eigenvalue weighted by Crippen LogP contribution is -2.20. The number of amides is 1. The molecule has 0 atom stereocenters. The van der Waals surface area contributed by atoms with E-state index in [4.69, 9.17) is 4.74 Å². The van der Waals surface area contributed by atoms with Crippen LogP contribution >= 0.6 is 11.8 Å². The van der Waals surface area contributed by atoms with Crippen LogP contribution in [0.4, 0.5) is 13.2 Å². The minimum absolute atomic E-state index is 0.00652. The maximum absolute atomic E-state index is 12.7. The zero-order chi connectivity index (χ0) is 25.5. The number of thioether (sulfide) groups is 1. The number of nitrogens with zero attached hydrogens (tertiary/aromatic N) is 4. The van der Waals surface area contributed by atoms with E-state index in [1.165, 1.54) is 30.1 Å². The molecule has 0 radical (unpaired) electrons. The van der Waals surface area contributed by atoms with Gasteiger partial charge in [-0.2, -0.15) is 18.3 Å². The molecule has 4 aromatic rings. The summed E-state index contributed by atoms with van der Waals surface area (Å²) < 4.78 is 45.1. The van der Waals surface area contributed by atoms with Crippen molar-refractivity contribution in [2.75, 3.05) is 12.9 Å². The van der Waals surface area contributed by atoms with E-state index >= 15 is 0 Å². The van der Waals surface area contributed by atoms with Gasteiger partial charge in [-0.3, -0.25) is 9.36 Å². The second-order valence-corrected chi connectivity index (χ2v) is 8.35. The molecule has 11 heteroatoms. The molecular formula is C25H20F3N5O2S. The van der Waals surface area contributed by atoms with E-state index in [0.717, 1.165) is 23.4 Å². The maximum atomic E-state index is 12.7. The van der Waals surface area contributed by atoms with Gasteiger partial charge in [0, 0.05) is 11.3 Å². The van der Waals surface area contributed by atoms with E-state index in [0.29, 0.717) is 22.3 Å². The van der Waals surface area contributed by atoms with E-state index in [1.807, 2.05) is 59.2 Å². The monoisotopic (exact) mass is 511 g/mol. The number of aromatic nitrogens is 3. The number of carbonyl (C=O) groups is 1. The van der Waals surface area contributed by atoms with Gasteiger partial charge in [-0.15, -0.1) is 10.2 Å². The van der Waals surface area contributed by atoms with Crippen molar-refractivity contribution in [2.24, 2.45) is 5.10 Å². The normalized spacial score (nSPS) is 11.6. The minimum Gasteiger partial charge on any atom is -0.497 e. The van der Waals surface area contributed by atoms with E-state index in [9.17, 15) is 18.0 Å². The Kier molecular flexibility index (Phi) is 7.69. The van der Waals surface area contributed by atoms with E-state index in [2.05, 4.69) is 20.7 Å². The number of hydrogen-bond donors (Lipinski definition) is 1. The van der Waals surface area contributed by atoms with Crippen molar-refractivity contribution >= 4 is 23.9 Å². The first-order valence-corrected chi connectivity index (χ1v) is 11.6. The quantitative estimate of drug-likeness (QED) is 0.200. The molecule has 36 heavy (non-hydrogen) atoms. The third-order valence-electron chi connectivity index (χ3n) is 4.97. The lowest BCUT2D eigenvalue weighted by Gasteiger charge is -2.11. The number of benzene rings is 3. The topological polar surface area (TPSA) is 81.4 Å². The molecular weight excluding hydrogens is 491 g/mol. The zero-order valence-electron chi connectivity index (χ0n) is 18.9. The van der Waals surface area contributed by atoms with E-state index in [-0.39, 0.29) is 5.75 Å². The Morgan fingerprint density at radius 1 is 1.03 bits per heavy atom. The fourth-order valence-corrected chi connectivity index (χ4v) is 3.95. The van der Waals surface area contributed by atoms with Crippen LogP contribution in [0.3, 0.4) is 0 Å². The second kappa shape index (κ2) is 11.1. The number of ether oxygens (including phenoxy) is 1. The number of methoxy groups -OCH3 is 1. The zero-order valence-corrected chi connectivity index (χ0v) is 19.8. The molecule has 0 aliphatic rings. The highest BCUT2D eigenvalue weighted by Crippen LogP contribution is 2.30. The summed E-state index contributed by atoms with van der Waals surface area (Å²) in [5.41, 5.74) is 3.69. The van der Waals surface area contributed by atoms with Crippen LogP contribution in [0, 0.1) is 0 Å². The van der Waals surface area contributed by atoms with Gasteiger partial charge in [-0.25, -0.2) is 5.43 Å². The number of rotatable bonds is 8. The molecule has 7 nitrogen and oxygen atoms in total. The maximum Gasteiger partial charge on any atom is 0.416 e. The van der Waals surface area contributed by atoms with Gasteiger partial charge in [0.05, 0.1) is 24.6 Å². The Labute approximate surface area is 209 Å². The Balaban J connectivity index is 1.45. The van der Waals surface area contributed by atoms with Crippen LogP contribution in [0.2, 0.25) is 0 Å². The third kappa shape index (κ3) is 6.11. The van der Waals surface area contributed by atoms with Gasteiger partial charge in [0.25, 0.3) is 5.91 Å². The molecule has 0 aliphatic carbocycles. The molecule has 0 saturated carbocycles. The van der Waals surface area contributed by atoms with Gasteiger partial charge in [0.1, 0.15) is 5.75 Å². The van der Waals surface area contributed by atoms with Gasteiger partial charge in [0.2, 0.25) is 0 Å². The van der Waals surface area contributed by atoms with E-state index in [1.54, 1.807) is 7.11 Å². The Bertz CT molecular complexity index is 1340. The average Bonchev–Trinajstić information content (AvgIpc) is 3.32. The highest BCUT2D eigenvalue weighted by Gasteiger charge is 2.29. The number of nitrogens with one attached hydrogen (secondary N) is 1. The minimum atomic E-state index is -4.41. The molecule has 0 unspecified atom stereocenters. The van der Waals surface area contributed by atoms with Crippen LogP contribution in [0.5, 0.6) is 5.75 Å². The highest BCUT2D eigenvalue weighted by molar-refractivity contribution is 7.99. The van der Waals surface area contributed by atoms with Crippen molar-refractivity contribution in [1.29, 1.82) is 0 Å². The van der Waals surface area contributed by atoms with Crippen molar-refractivity contribution in [3.63, 3.8) is 0 Å². The molecule has 1 amide bonds. The fourth-order valence-electron chi connectivity index (χ4n) is 3.20. The van der Waals surface area contributed by atoms with Crippen LogP contribution in [0.25, 0.3) is 17.1 Å². The summed E-state index contributed by atoms with van der Waals surface area (Å²) in [6.07, 6.45) is -3.13. The Morgan fingerprint density at radius 2 is 1.72 bits per heavy atom. The number of halogens is 3.